The molecule has 1 aliphatic rings. The fraction of sp³-hybridized carbons (Fsp3) is 0.750. The summed E-state index contributed by atoms with van der Waals surface area (Å²) in [5.41, 5.74) is 0. The molecule has 10 heteroatoms. The van der Waals surface area contributed by atoms with Crippen LogP contribution in [0.25, 0.3) is 0 Å². The van der Waals surface area contributed by atoms with Gasteiger partial charge in [0.25, 0.3) is 0 Å². The summed E-state index contributed by atoms with van der Waals surface area (Å²) in [6.45, 7) is 0. The van der Waals surface area contributed by atoms with Crippen LogP contribution in [-0.4, -0.2) is 30.1 Å². The molecule has 18 heavy (non-hydrogen) atoms. The minimum atomic E-state index is -5.27. The van der Waals surface area contributed by atoms with Gasteiger partial charge in [0.05, 0.1) is 6.42 Å². The number of hydrogen-bond acceptors (Lipinski definition) is 4. The molecule has 0 radical (unpaired) electrons. The molecule has 4 nitrogen and oxygen atoms in total. The standard InChI is InChI=1S/C8H6F6O4/c9-6(10)1-2-7(11,12)17-4(15)3-5(16)18-8(6,13)14/h1-3H2. The molecular weight excluding hydrogens is 274 g/mol. The molecule has 1 heterocycles. The maximum atomic E-state index is 12.8. The van der Waals surface area contributed by atoms with Gasteiger partial charge in [0.2, 0.25) is 0 Å². The molecule has 0 N–H and O–H groups in total. The van der Waals surface area contributed by atoms with Crippen molar-refractivity contribution in [2.45, 2.75) is 37.4 Å². The molecular formula is C8H6F6O4. The summed E-state index contributed by atoms with van der Waals surface area (Å²) in [4.78, 5) is 21.3. The second-order valence-electron chi connectivity index (χ2n) is 3.48. The summed E-state index contributed by atoms with van der Waals surface area (Å²) < 4.78 is 83.3. The fourth-order valence-corrected chi connectivity index (χ4v) is 1.07. The van der Waals surface area contributed by atoms with Crippen LogP contribution in [0.15, 0.2) is 0 Å². The van der Waals surface area contributed by atoms with Crippen molar-refractivity contribution >= 4 is 11.9 Å². The van der Waals surface area contributed by atoms with Crippen LogP contribution < -0.4 is 0 Å². The van der Waals surface area contributed by atoms with Crippen LogP contribution in [0.4, 0.5) is 26.3 Å². The Balaban J connectivity index is 3.00. The van der Waals surface area contributed by atoms with Crippen molar-refractivity contribution in [3.8, 4) is 0 Å². The number of hydrogen-bond donors (Lipinski definition) is 0. The van der Waals surface area contributed by atoms with Gasteiger partial charge in [-0.3, -0.25) is 9.59 Å². The maximum absolute atomic E-state index is 12.8. The van der Waals surface area contributed by atoms with Gasteiger partial charge < -0.3 is 9.47 Å². The van der Waals surface area contributed by atoms with Crippen molar-refractivity contribution < 1.29 is 45.4 Å². The lowest BCUT2D eigenvalue weighted by Gasteiger charge is -2.28. The second kappa shape index (κ2) is 4.32. The Kier molecular flexibility index (Phi) is 3.50. The summed E-state index contributed by atoms with van der Waals surface area (Å²) in [5, 5.41) is 0. The average molecular weight is 280 g/mol. The molecule has 0 aromatic rings. The van der Waals surface area contributed by atoms with E-state index in [1.54, 1.807) is 0 Å². The highest BCUT2D eigenvalue weighted by molar-refractivity contribution is 5.91. The van der Waals surface area contributed by atoms with Gasteiger partial charge in [-0.15, -0.1) is 0 Å². The normalized spacial score (nSPS) is 27.0. The molecule has 0 atom stereocenters. The molecule has 1 fully saturated rings. The Morgan fingerprint density at radius 3 is 1.89 bits per heavy atom. The zero-order chi connectivity index (χ0) is 14.2. The fourth-order valence-electron chi connectivity index (χ4n) is 1.07. The largest absolute Gasteiger partial charge is 0.466 e. The number of ether oxygens (including phenoxy) is 2. The third-order valence-electron chi connectivity index (χ3n) is 1.95. The number of rotatable bonds is 0. The molecule has 0 amide bonds. The van der Waals surface area contributed by atoms with Crippen molar-refractivity contribution in [3.63, 3.8) is 0 Å². The van der Waals surface area contributed by atoms with Gasteiger partial charge in [-0.25, -0.2) is 0 Å². The van der Waals surface area contributed by atoms with Crippen molar-refractivity contribution in [1.82, 2.24) is 0 Å². The van der Waals surface area contributed by atoms with Gasteiger partial charge in [0, 0.05) is 6.42 Å². The monoisotopic (exact) mass is 280 g/mol. The molecule has 0 spiro atoms. The van der Waals surface area contributed by atoms with E-state index in [1.807, 2.05) is 0 Å². The van der Waals surface area contributed by atoms with Crippen LogP contribution in [-0.2, 0) is 19.1 Å². The molecule has 0 bridgehead atoms. The van der Waals surface area contributed by atoms with Gasteiger partial charge >= 0.3 is 30.1 Å². The lowest BCUT2D eigenvalue weighted by molar-refractivity contribution is -0.340. The molecule has 1 aliphatic heterocycles. The highest BCUT2D eigenvalue weighted by Crippen LogP contribution is 2.41. The van der Waals surface area contributed by atoms with Crippen molar-refractivity contribution in [3.05, 3.63) is 0 Å². The van der Waals surface area contributed by atoms with E-state index in [1.165, 1.54) is 0 Å². The van der Waals surface area contributed by atoms with Gasteiger partial charge in [0.15, 0.2) is 0 Å². The van der Waals surface area contributed by atoms with Crippen LogP contribution in [0.5, 0.6) is 0 Å². The number of alkyl halides is 6. The summed E-state index contributed by atoms with van der Waals surface area (Å²) in [5.74, 6) is -8.91. The molecule has 0 aromatic carbocycles. The molecule has 104 valence electrons. The van der Waals surface area contributed by atoms with E-state index in [0.717, 1.165) is 0 Å². The lowest BCUT2D eigenvalue weighted by Crippen LogP contribution is -2.46. The number of carbonyl (C=O) groups is 2. The van der Waals surface area contributed by atoms with Crippen molar-refractivity contribution in [1.29, 1.82) is 0 Å². The van der Waals surface area contributed by atoms with Crippen molar-refractivity contribution in [2.24, 2.45) is 0 Å². The predicted molar refractivity (Wildman–Crippen MR) is 40.9 cm³/mol. The smallest absolute Gasteiger partial charge is 0.400 e. The summed E-state index contributed by atoms with van der Waals surface area (Å²) in [6, 6.07) is 0. The molecule has 1 saturated heterocycles. The Morgan fingerprint density at radius 1 is 0.833 bits per heavy atom. The highest BCUT2D eigenvalue weighted by Gasteiger charge is 2.61. The predicted octanol–water partition coefficient (Wildman–Crippen LogP) is 2.08. The maximum Gasteiger partial charge on any atom is 0.466 e. The van der Waals surface area contributed by atoms with Gasteiger partial charge in [-0.2, -0.15) is 26.3 Å². The average Bonchev–Trinajstić information content (AvgIpc) is 2.11. The first-order valence-electron chi connectivity index (χ1n) is 4.52. The lowest BCUT2D eigenvalue weighted by atomic mass is 10.1. The van der Waals surface area contributed by atoms with Crippen LogP contribution in [0.2, 0.25) is 0 Å². The van der Waals surface area contributed by atoms with E-state index < -0.39 is 49.3 Å². The SMILES string of the molecule is O=C1CC(=O)OC(F)(F)C(F)(F)CCC(F)(F)O1. The number of carbonyl (C=O) groups excluding carboxylic acids is 2. The quantitative estimate of drug-likeness (QED) is 0.387. The van der Waals surface area contributed by atoms with E-state index in [-0.39, 0.29) is 0 Å². The molecule has 0 aliphatic carbocycles. The Morgan fingerprint density at radius 2 is 1.33 bits per heavy atom. The van der Waals surface area contributed by atoms with E-state index in [2.05, 4.69) is 9.47 Å². The van der Waals surface area contributed by atoms with Gasteiger partial charge in [0.1, 0.15) is 6.42 Å². The van der Waals surface area contributed by atoms with Crippen LogP contribution in [0.3, 0.4) is 0 Å². The van der Waals surface area contributed by atoms with Crippen LogP contribution in [0.1, 0.15) is 19.3 Å². The van der Waals surface area contributed by atoms with Gasteiger partial charge in [-0.1, -0.05) is 0 Å². The molecule has 1 rings (SSSR count). The summed E-state index contributed by atoms with van der Waals surface area (Å²) in [7, 11) is 0. The third-order valence-corrected chi connectivity index (χ3v) is 1.95. The number of halogens is 6. The highest BCUT2D eigenvalue weighted by atomic mass is 19.3. The van der Waals surface area contributed by atoms with E-state index >= 15 is 0 Å². The first kappa shape index (κ1) is 14.6. The Bertz CT molecular complexity index is 367. The van der Waals surface area contributed by atoms with E-state index in [0.29, 0.717) is 0 Å². The Labute approximate surface area is 95.8 Å². The van der Waals surface area contributed by atoms with Gasteiger partial charge in [-0.05, 0) is 0 Å². The summed E-state index contributed by atoms with van der Waals surface area (Å²) >= 11 is 0. The van der Waals surface area contributed by atoms with Crippen molar-refractivity contribution in [2.75, 3.05) is 0 Å². The molecule has 0 aromatic heterocycles. The van der Waals surface area contributed by atoms with E-state index in [4.69, 9.17) is 0 Å². The first-order valence-corrected chi connectivity index (χ1v) is 4.52. The molecule has 0 unspecified atom stereocenters. The first-order chi connectivity index (χ1) is 7.95. The third kappa shape index (κ3) is 3.26. The minimum Gasteiger partial charge on any atom is -0.400 e. The van der Waals surface area contributed by atoms with Crippen LogP contribution >= 0.6 is 0 Å². The van der Waals surface area contributed by atoms with Crippen LogP contribution in [0, 0.1) is 0 Å². The van der Waals surface area contributed by atoms with E-state index in [9.17, 15) is 35.9 Å². The number of esters is 2. The Hall–Kier alpha value is -1.48. The zero-order valence-corrected chi connectivity index (χ0v) is 8.52. The topological polar surface area (TPSA) is 52.6 Å². The summed E-state index contributed by atoms with van der Waals surface area (Å²) in [6.07, 6.45) is -15.1. The second-order valence-corrected chi connectivity index (χ2v) is 3.48. The minimum absolute atomic E-state index is 1.61. The number of cyclic esters (lactones) is 2. The molecule has 0 saturated carbocycles. The zero-order valence-electron chi connectivity index (χ0n) is 8.52.